The lowest BCUT2D eigenvalue weighted by Crippen LogP contribution is -2.23. The number of hydrogen-bond donors (Lipinski definition) is 2. The standard InChI is InChI=1S/C23H21FN4O3S/c1-3-21(30)25-16-7-6-8-17(13-16)26-22(31)12-11-18-14-32-23(27-18)28(15(2)29)20-10-5-4-9-19(20)24/h4-14H,3H2,1-2H3,(H,25,30)(H,26,31)/b12-11+. The molecule has 0 aliphatic rings. The van der Waals surface area contributed by atoms with Crippen molar-refractivity contribution in [3.05, 3.63) is 71.5 Å². The van der Waals surface area contributed by atoms with Gasteiger partial charge in [0.1, 0.15) is 5.82 Å². The number of carbonyl (C=O) groups is 3. The third-order valence-corrected chi connectivity index (χ3v) is 5.09. The average molecular weight is 453 g/mol. The van der Waals surface area contributed by atoms with Gasteiger partial charge in [-0.2, -0.15) is 0 Å². The Labute approximate surface area is 188 Å². The molecule has 0 bridgehead atoms. The van der Waals surface area contributed by atoms with E-state index in [0.717, 1.165) is 11.3 Å². The minimum absolute atomic E-state index is 0.109. The van der Waals surface area contributed by atoms with Crippen molar-refractivity contribution in [3.8, 4) is 0 Å². The molecule has 0 radical (unpaired) electrons. The van der Waals surface area contributed by atoms with Gasteiger partial charge in [-0.05, 0) is 36.4 Å². The molecule has 164 valence electrons. The minimum atomic E-state index is -0.535. The molecule has 2 N–H and O–H groups in total. The molecule has 2 aromatic carbocycles. The van der Waals surface area contributed by atoms with E-state index in [0.29, 0.717) is 28.6 Å². The van der Waals surface area contributed by atoms with Crippen LogP contribution in [-0.4, -0.2) is 22.7 Å². The molecule has 0 fully saturated rings. The number of hydrogen-bond acceptors (Lipinski definition) is 5. The van der Waals surface area contributed by atoms with E-state index in [-0.39, 0.29) is 17.5 Å². The van der Waals surface area contributed by atoms with Crippen LogP contribution >= 0.6 is 11.3 Å². The fraction of sp³-hybridized carbons (Fsp3) is 0.130. The predicted molar refractivity (Wildman–Crippen MR) is 124 cm³/mol. The number of nitrogens with one attached hydrogen (secondary N) is 2. The Kier molecular flexibility index (Phi) is 7.45. The van der Waals surface area contributed by atoms with Gasteiger partial charge < -0.3 is 10.6 Å². The summed E-state index contributed by atoms with van der Waals surface area (Å²) in [6.07, 6.45) is 3.15. The third-order valence-electron chi connectivity index (χ3n) is 4.25. The lowest BCUT2D eigenvalue weighted by atomic mass is 10.2. The van der Waals surface area contributed by atoms with Crippen LogP contribution in [0, 0.1) is 5.82 Å². The molecule has 0 atom stereocenters. The topological polar surface area (TPSA) is 91.4 Å². The van der Waals surface area contributed by atoms with Gasteiger partial charge in [-0.1, -0.05) is 25.1 Å². The van der Waals surface area contributed by atoms with Gasteiger partial charge in [-0.25, -0.2) is 9.37 Å². The van der Waals surface area contributed by atoms with E-state index in [9.17, 15) is 18.8 Å². The number of anilines is 4. The maximum Gasteiger partial charge on any atom is 0.248 e. The Balaban J connectivity index is 1.70. The number of nitrogens with zero attached hydrogens (tertiary/aromatic N) is 2. The highest BCUT2D eigenvalue weighted by Crippen LogP contribution is 2.31. The van der Waals surface area contributed by atoms with Crippen LogP contribution < -0.4 is 15.5 Å². The monoisotopic (exact) mass is 452 g/mol. The fourth-order valence-corrected chi connectivity index (χ4v) is 3.61. The van der Waals surface area contributed by atoms with Gasteiger partial charge in [0.25, 0.3) is 0 Å². The molecule has 3 amide bonds. The molecule has 1 heterocycles. The first-order valence-electron chi connectivity index (χ1n) is 9.77. The van der Waals surface area contributed by atoms with Crippen LogP contribution in [0.4, 0.5) is 26.6 Å². The number of halogens is 1. The Morgan fingerprint density at radius 1 is 1.09 bits per heavy atom. The summed E-state index contributed by atoms with van der Waals surface area (Å²) in [4.78, 5) is 41.4. The first-order chi connectivity index (χ1) is 15.4. The number of rotatable bonds is 7. The zero-order valence-corrected chi connectivity index (χ0v) is 18.3. The van der Waals surface area contributed by atoms with Crippen molar-refractivity contribution in [2.24, 2.45) is 0 Å². The number of thiazole rings is 1. The lowest BCUT2D eigenvalue weighted by Gasteiger charge is -2.18. The van der Waals surface area contributed by atoms with Crippen molar-refractivity contribution in [3.63, 3.8) is 0 Å². The molecular formula is C23H21FN4O3S. The molecule has 0 unspecified atom stereocenters. The molecule has 32 heavy (non-hydrogen) atoms. The fourth-order valence-electron chi connectivity index (χ4n) is 2.76. The van der Waals surface area contributed by atoms with E-state index < -0.39 is 11.7 Å². The average Bonchev–Trinajstić information content (AvgIpc) is 3.22. The SMILES string of the molecule is CCC(=O)Nc1cccc(NC(=O)/C=C/c2csc(N(C(C)=O)c3ccccc3F)n2)c1. The molecule has 3 aromatic rings. The predicted octanol–water partition coefficient (Wildman–Crippen LogP) is 4.97. The van der Waals surface area contributed by atoms with Crippen molar-refractivity contribution >= 4 is 57.3 Å². The number of benzene rings is 2. The summed E-state index contributed by atoms with van der Waals surface area (Å²) < 4.78 is 14.2. The van der Waals surface area contributed by atoms with E-state index in [2.05, 4.69) is 15.6 Å². The second-order valence-corrected chi connectivity index (χ2v) is 7.50. The smallest absolute Gasteiger partial charge is 0.248 e. The molecule has 3 rings (SSSR count). The van der Waals surface area contributed by atoms with Crippen LogP contribution in [0.25, 0.3) is 6.08 Å². The Bertz CT molecular complexity index is 1180. The van der Waals surface area contributed by atoms with Crippen LogP contribution in [0.1, 0.15) is 26.0 Å². The molecule has 7 nitrogen and oxygen atoms in total. The van der Waals surface area contributed by atoms with Crippen molar-refractivity contribution < 1.29 is 18.8 Å². The summed E-state index contributed by atoms with van der Waals surface area (Å²) in [5.74, 6) is -1.43. The van der Waals surface area contributed by atoms with Gasteiger partial charge in [0.15, 0.2) is 5.13 Å². The normalized spacial score (nSPS) is 10.7. The first kappa shape index (κ1) is 22.8. The van der Waals surface area contributed by atoms with Crippen LogP contribution in [0.5, 0.6) is 0 Å². The minimum Gasteiger partial charge on any atom is -0.326 e. The summed E-state index contributed by atoms with van der Waals surface area (Å²) in [5.41, 5.74) is 1.67. The lowest BCUT2D eigenvalue weighted by molar-refractivity contribution is -0.116. The van der Waals surface area contributed by atoms with Gasteiger partial charge in [0.05, 0.1) is 11.4 Å². The summed E-state index contributed by atoms with van der Waals surface area (Å²) in [7, 11) is 0. The largest absolute Gasteiger partial charge is 0.326 e. The van der Waals surface area contributed by atoms with Crippen molar-refractivity contribution in [1.82, 2.24) is 4.98 Å². The van der Waals surface area contributed by atoms with Gasteiger partial charge in [-0.15, -0.1) is 11.3 Å². The molecule has 0 saturated heterocycles. The first-order valence-corrected chi connectivity index (χ1v) is 10.6. The Hall–Kier alpha value is -3.85. The maximum atomic E-state index is 14.2. The van der Waals surface area contributed by atoms with Gasteiger partial charge >= 0.3 is 0 Å². The van der Waals surface area contributed by atoms with Crippen LogP contribution in [0.2, 0.25) is 0 Å². The summed E-state index contributed by atoms with van der Waals surface area (Å²) in [6, 6.07) is 12.7. The zero-order valence-electron chi connectivity index (χ0n) is 17.5. The highest BCUT2D eigenvalue weighted by molar-refractivity contribution is 7.14. The summed E-state index contributed by atoms with van der Waals surface area (Å²) >= 11 is 1.16. The number of amides is 3. The number of para-hydroxylation sites is 1. The maximum absolute atomic E-state index is 14.2. The Morgan fingerprint density at radius 2 is 1.81 bits per heavy atom. The molecular weight excluding hydrogens is 431 g/mol. The molecule has 0 aliphatic carbocycles. The number of carbonyl (C=O) groups excluding carboxylic acids is 3. The van der Waals surface area contributed by atoms with Gasteiger partial charge in [0.2, 0.25) is 17.7 Å². The van der Waals surface area contributed by atoms with Crippen molar-refractivity contribution in [2.75, 3.05) is 15.5 Å². The van der Waals surface area contributed by atoms with E-state index in [1.54, 1.807) is 48.7 Å². The summed E-state index contributed by atoms with van der Waals surface area (Å²) in [6.45, 7) is 3.08. The van der Waals surface area contributed by atoms with E-state index in [1.807, 2.05) is 0 Å². The second kappa shape index (κ2) is 10.5. The molecule has 1 aromatic heterocycles. The quantitative estimate of drug-likeness (QED) is 0.495. The van der Waals surface area contributed by atoms with E-state index in [1.165, 1.54) is 36.1 Å². The van der Waals surface area contributed by atoms with Gasteiger partial charge in [0, 0.05) is 36.2 Å². The molecule has 9 heteroatoms. The Morgan fingerprint density at radius 3 is 2.50 bits per heavy atom. The van der Waals surface area contributed by atoms with Crippen LogP contribution in [0.3, 0.4) is 0 Å². The molecule has 0 saturated carbocycles. The van der Waals surface area contributed by atoms with Crippen molar-refractivity contribution in [1.29, 1.82) is 0 Å². The van der Waals surface area contributed by atoms with E-state index in [4.69, 9.17) is 0 Å². The van der Waals surface area contributed by atoms with Crippen LogP contribution in [-0.2, 0) is 14.4 Å². The molecule has 0 aliphatic heterocycles. The van der Waals surface area contributed by atoms with Crippen LogP contribution in [0.15, 0.2) is 60.0 Å². The molecule has 0 spiro atoms. The van der Waals surface area contributed by atoms with Crippen molar-refractivity contribution in [2.45, 2.75) is 20.3 Å². The second-order valence-electron chi connectivity index (χ2n) is 6.67. The number of aromatic nitrogens is 1. The zero-order chi connectivity index (χ0) is 23.1. The van der Waals surface area contributed by atoms with Gasteiger partial charge in [-0.3, -0.25) is 19.3 Å². The summed E-state index contributed by atoms with van der Waals surface area (Å²) in [5, 5.41) is 7.39. The third kappa shape index (κ3) is 5.86. The van der Waals surface area contributed by atoms with E-state index >= 15 is 0 Å². The highest BCUT2D eigenvalue weighted by atomic mass is 32.1. The highest BCUT2D eigenvalue weighted by Gasteiger charge is 2.20.